The molecule has 8 nitrogen and oxygen atoms in total. The number of amides is 1. The smallest absolute Gasteiger partial charge is 0.255 e. The third-order valence-electron chi connectivity index (χ3n) is 4.05. The number of sulfonamides is 1. The predicted molar refractivity (Wildman–Crippen MR) is 98.6 cm³/mol. The van der Waals surface area contributed by atoms with Crippen molar-refractivity contribution in [3.63, 3.8) is 0 Å². The van der Waals surface area contributed by atoms with Crippen LogP contribution in [0, 0.1) is 0 Å². The van der Waals surface area contributed by atoms with Gasteiger partial charge in [0.05, 0.1) is 26.0 Å². The molecule has 1 saturated heterocycles. The van der Waals surface area contributed by atoms with E-state index in [1.807, 2.05) is 0 Å². The van der Waals surface area contributed by atoms with Crippen LogP contribution >= 0.6 is 0 Å². The van der Waals surface area contributed by atoms with Crippen LogP contribution in [-0.4, -0.2) is 40.8 Å². The van der Waals surface area contributed by atoms with Crippen LogP contribution in [0.4, 0.5) is 5.69 Å². The number of hydrogen-bond acceptors (Lipinski definition) is 6. The summed E-state index contributed by atoms with van der Waals surface area (Å²) in [6, 6.07) is 10.6. The first-order valence-electron chi connectivity index (χ1n) is 8.24. The zero-order valence-corrected chi connectivity index (χ0v) is 15.5. The van der Waals surface area contributed by atoms with E-state index in [9.17, 15) is 13.2 Å². The molecule has 1 unspecified atom stereocenters. The number of nitrogens with one attached hydrogen (secondary N) is 1. The van der Waals surface area contributed by atoms with Crippen molar-refractivity contribution < 1.29 is 27.4 Å². The predicted octanol–water partition coefficient (Wildman–Crippen LogP) is 1.76. The van der Waals surface area contributed by atoms with Gasteiger partial charge >= 0.3 is 0 Å². The molecule has 9 heteroatoms. The summed E-state index contributed by atoms with van der Waals surface area (Å²) in [6.07, 6.45) is 0.640. The van der Waals surface area contributed by atoms with Crippen molar-refractivity contribution in [2.45, 2.75) is 17.4 Å². The molecule has 1 aliphatic rings. The van der Waals surface area contributed by atoms with E-state index < -0.39 is 15.9 Å². The lowest BCUT2D eigenvalue weighted by Gasteiger charge is -2.16. The summed E-state index contributed by atoms with van der Waals surface area (Å²) in [5, 5.41) is 7.77. The number of nitrogens with two attached hydrogens (primary N) is 1. The lowest BCUT2D eigenvalue weighted by atomic mass is 10.1. The number of methoxy groups -OCH3 is 1. The Morgan fingerprint density at radius 1 is 1.22 bits per heavy atom. The first-order chi connectivity index (χ1) is 12.9. The van der Waals surface area contributed by atoms with Gasteiger partial charge in [-0.05, 0) is 30.3 Å². The van der Waals surface area contributed by atoms with Crippen molar-refractivity contribution in [3.05, 3.63) is 48.0 Å². The minimum Gasteiger partial charge on any atom is -0.493 e. The maximum atomic E-state index is 12.6. The first kappa shape index (κ1) is 19.2. The summed E-state index contributed by atoms with van der Waals surface area (Å²) in [7, 11) is -2.46. The number of anilines is 1. The quantitative estimate of drug-likeness (QED) is 0.774. The maximum absolute atomic E-state index is 12.6. The zero-order chi connectivity index (χ0) is 19.4. The highest BCUT2D eigenvalue weighted by Gasteiger charge is 2.21. The number of benzene rings is 2. The van der Waals surface area contributed by atoms with E-state index in [4.69, 9.17) is 19.3 Å². The summed E-state index contributed by atoms with van der Waals surface area (Å²) in [6.45, 7) is 1.10. The fourth-order valence-corrected chi connectivity index (χ4v) is 3.40. The number of carbonyl (C=O) groups excluding carboxylic acids is 1. The normalized spacial score (nSPS) is 16.7. The van der Waals surface area contributed by atoms with E-state index in [0.29, 0.717) is 24.7 Å². The van der Waals surface area contributed by atoms with Crippen LogP contribution in [0.3, 0.4) is 0 Å². The number of hydrogen-bond donors (Lipinski definition) is 2. The fourth-order valence-electron chi connectivity index (χ4n) is 2.71. The average Bonchev–Trinajstić information content (AvgIpc) is 3.14. The van der Waals surface area contributed by atoms with Crippen LogP contribution in [0.1, 0.15) is 16.8 Å². The first-order valence-corrected chi connectivity index (χ1v) is 9.79. The Morgan fingerprint density at radius 3 is 2.67 bits per heavy atom. The highest BCUT2D eigenvalue weighted by molar-refractivity contribution is 7.89. The number of rotatable bonds is 6. The third kappa shape index (κ3) is 4.57. The molecule has 0 aromatic heterocycles. The summed E-state index contributed by atoms with van der Waals surface area (Å²) < 4.78 is 39.8. The van der Waals surface area contributed by atoms with Gasteiger partial charge in [-0.1, -0.05) is 12.1 Å². The Balaban J connectivity index is 1.85. The van der Waals surface area contributed by atoms with Gasteiger partial charge in [-0.3, -0.25) is 4.79 Å². The van der Waals surface area contributed by atoms with Gasteiger partial charge in [0.1, 0.15) is 11.0 Å². The van der Waals surface area contributed by atoms with Crippen molar-refractivity contribution in [1.29, 1.82) is 0 Å². The topological polar surface area (TPSA) is 117 Å². The molecule has 0 radical (unpaired) electrons. The van der Waals surface area contributed by atoms with Crippen LogP contribution < -0.4 is 19.9 Å². The average molecular weight is 392 g/mol. The molecule has 1 atom stereocenters. The van der Waals surface area contributed by atoms with E-state index in [-0.39, 0.29) is 22.3 Å². The molecule has 0 bridgehead atoms. The molecular formula is C18H20N2O6S. The third-order valence-corrected chi connectivity index (χ3v) is 5.02. The number of ether oxygens (including phenoxy) is 3. The fraction of sp³-hybridized carbons (Fsp3) is 0.278. The molecule has 0 spiro atoms. The molecule has 1 fully saturated rings. The van der Waals surface area contributed by atoms with Crippen LogP contribution in [0.15, 0.2) is 47.4 Å². The van der Waals surface area contributed by atoms with E-state index in [1.165, 1.54) is 25.3 Å². The molecule has 2 aromatic rings. The van der Waals surface area contributed by atoms with Gasteiger partial charge in [0, 0.05) is 12.0 Å². The van der Waals surface area contributed by atoms with Crippen molar-refractivity contribution in [2.75, 3.05) is 25.6 Å². The Hall–Kier alpha value is -2.62. The molecule has 0 saturated carbocycles. The Morgan fingerprint density at radius 2 is 2.00 bits per heavy atom. The van der Waals surface area contributed by atoms with Gasteiger partial charge in [0.15, 0.2) is 11.5 Å². The molecule has 1 amide bonds. The monoisotopic (exact) mass is 392 g/mol. The molecule has 3 N–H and O–H groups in total. The molecule has 3 rings (SSSR count). The number of primary sulfonamides is 1. The highest BCUT2D eigenvalue weighted by atomic mass is 32.2. The second kappa shape index (κ2) is 7.95. The molecule has 144 valence electrons. The van der Waals surface area contributed by atoms with Crippen molar-refractivity contribution in [1.82, 2.24) is 0 Å². The molecule has 1 heterocycles. The molecule has 0 aliphatic carbocycles. The summed E-state index contributed by atoms with van der Waals surface area (Å²) in [5.41, 5.74) is 0.390. The second-order valence-corrected chi connectivity index (χ2v) is 7.49. The largest absolute Gasteiger partial charge is 0.493 e. The molecule has 2 aromatic carbocycles. The summed E-state index contributed by atoms with van der Waals surface area (Å²) in [4.78, 5) is 12.5. The Labute approximate surface area is 157 Å². The van der Waals surface area contributed by atoms with Gasteiger partial charge < -0.3 is 19.5 Å². The Kier molecular flexibility index (Phi) is 5.64. The molecule has 27 heavy (non-hydrogen) atoms. The second-order valence-electron chi connectivity index (χ2n) is 5.96. The van der Waals surface area contributed by atoms with Gasteiger partial charge in [-0.25, -0.2) is 13.6 Å². The minimum atomic E-state index is -3.97. The van der Waals surface area contributed by atoms with E-state index in [2.05, 4.69) is 5.32 Å². The lowest BCUT2D eigenvalue weighted by molar-refractivity contribution is 0.102. The maximum Gasteiger partial charge on any atom is 0.255 e. The van der Waals surface area contributed by atoms with Gasteiger partial charge in [0.2, 0.25) is 10.0 Å². The lowest BCUT2D eigenvalue weighted by Crippen LogP contribution is -2.19. The Bertz CT molecular complexity index is 939. The van der Waals surface area contributed by atoms with E-state index >= 15 is 0 Å². The summed E-state index contributed by atoms with van der Waals surface area (Å²) in [5.74, 6) is 0.407. The van der Waals surface area contributed by atoms with E-state index in [1.54, 1.807) is 24.3 Å². The highest BCUT2D eigenvalue weighted by Crippen LogP contribution is 2.31. The van der Waals surface area contributed by atoms with Gasteiger partial charge in [-0.15, -0.1) is 0 Å². The van der Waals surface area contributed by atoms with Crippen LogP contribution in [0.2, 0.25) is 0 Å². The van der Waals surface area contributed by atoms with Crippen LogP contribution in [0.5, 0.6) is 11.5 Å². The van der Waals surface area contributed by atoms with E-state index in [0.717, 1.165) is 6.42 Å². The zero-order valence-electron chi connectivity index (χ0n) is 14.7. The molecule has 1 aliphatic heterocycles. The number of carbonyl (C=O) groups is 1. The van der Waals surface area contributed by atoms with Crippen LogP contribution in [-0.2, 0) is 14.8 Å². The van der Waals surface area contributed by atoms with Crippen molar-refractivity contribution in [2.24, 2.45) is 5.14 Å². The standard InChI is InChI=1S/C18H20N2O6S/c1-24-15-7-6-12(10-16(15)26-13-8-9-25-11-13)18(21)20-14-4-2-3-5-17(14)27(19,22)23/h2-7,10,13H,8-9,11H2,1H3,(H,20,21)(H2,19,22,23). The SMILES string of the molecule is COc1ccc(C(=O)Nc2ccccc2S(N)(=O)=O)cc1OC1CCOC1. The minimum absolute atomic E-state index is 0.104. The van der Waals surface area contributed by atoms with Crippen molar-refractivity contribution >= 4 is 21.6 Å². The molecular weight excluding hydrogens is 372 g/mol. The van der Waals surface area contributed by atoms with Crippen molar-refractivity contribution in [3.8, 4) is 11.5 Å². The van der Waals surface area contributed by atoms with Crippen LogP contribution in [0.25, 0.3) is 0 Å². The van der Waals surface area contributed by atoms with Gasteiger partial charge in [0.25, 0.3) is 5.91 Å². The van der Waals surface area contributed by atoms with Gasteiger partial charge in [-0.2, -0.15) is 0 Å². The summed E-state index contributed by atoms with van der Waals surface area (Å²) >= 11 is 0. The number of para-hydroxylation sites is 1.